The van der Waals surface area contributed by atoms with Crippen LogP contribution in [0.3, 0.4) is 0 Å². The van der Waals surface area contributed by atoms with Gasteiger partial charge in [-0.05, 0) is 13.3 Å². The first-order valence-corrected chi connectivity index (χ1v) is 5.86. The number of esters is 1. The van der Waals surface area contributed by atoms with E-state index in [1.54, 1.807) is 13.8 Å². The van der Waals surface area contributed by atoms with Gasteiger partial charge in [0.1, 0.15) is 0 Å². The van der Waals surface area contributed by atoms with Crippen molar-refractivity contribution in [1.82, 2.24) is 0 Å². The van der Waals surface area contributed by atoms with Crippen molar-refractivity contribution < 1.29 is 24.2 Å². The normalized spacial score (nSPS) is 16.0. The lowest BCUT2D eigenvalue weighted by atomic mass is 9.73. The maximum absolute atomic E-state index is 12.0. The van der Waals surface area contributed by atoms with Crippen molar-refractivity contribution in [1.29, 1.82) is 0 Å². The lowest BCUT2D eigenvalue weighted by Gasteiger charge is -2.32. The lowest BCUT2D eigenvalue weighted by Crippen LogP contribution is -2.47. The number of methoxy groups -OCH3 is 1. The van der Waals surface area contributed by atoms with E-state index in [2.05, 4.69) is 0 Å². The smallest absolute Gasteiger partial charge is 0.323 e. The highest BCUT2D eigenvalue weighted by atomic mass is 16.5. The van der Waals surface area contributed by atoms with Crippen LogP contribution in [0.5, 0.6) is 0 Å². The maximum atomic E-state index is 12.0. The molecular formula is C12H22O5. The van der Waals surface area contributed by atoms with E-state index < -0.39 is 23.3 Å². The molecule has 0 radical (unpaired) electrons. The lowest BCUT2D eigenvalue weighted by molar-refractivity contribution is -0.175. The Labute approximate surface area is 102 Å². The van der Waals surface area contributed by atoms with Gasteiger partial charge in [-0.2, -0.15) is 0 Å². The quantitative estimate of drug-likeness (QED) is 0.521. The standard InChI is InChI=1S/C12H22O5/c1-5-7-12(10(13)14,9(3)8-16-4)11(15)17-6-2/h9H,5-8H2,1-4H3,(H,13,14). The van der Waals surface area contributed by atoms with E-state index >= 15 is 0 Å². The summed E-state index contributed by atoms with van der Waals surface area (Å²) in [5.74, 6) is -2.23. The zero-order valence-corrected chi connectivity index (χ0v) is 11.0. The monoisotopic (exact) mass is 246 g/mol. The molecule has 5 nitrogen and oxygen atoms in total. The number of rotatable bonds is 8. The van der Waals surface area contributed by atoms with Crippen molar-refractivity contribution in [3.05, 3.63) is 0 Å². The van der Waals surface area contributed by atoms with Crippen molar-refractivity contribution in [3.63, 3.8) is 0 Å². The van der Waals surface area contributed by atoms with Gasteiger partial charge < -0.3 is 14.6 Å². The third-order valence-corrected chi connectivity index (χ3v) is 2.92. The largest absolute Gasteiger partial charge is 0.480 e. The van der Waals surface area contributed by atoms with E-state index in [1.807, 2.05) is 6.92 Å². The topological polar surface area (TPSA) is 72.8 Å². The molecule has 0 spiro atoms. The molecule has 0 aromatic carbocycles. The van der Waals surface area contributed by atoms with E-state index in [0.717, 1.165) is 0 Å². The molecule has 2 unspecified atom stereocenters. The summed E-state index contributed by atoms with van der Waals surface area (Å²) in [4.78, 5) is 23.4. The maximum Gasteiger partial charge on any atom is 0.323 e. The second-order valence-electron chi connectivity index (χ2n) is 4.10. The first-order chi connectivity index (χ1) is 7.97. The summed E-state index contributed by atoms with van der Waals surface area (Å²) >= 11 is 0. The molecule has 0 aliphatic heterocycles. The predicted molar refractivity (Wildman–Crippen MR) is 62.6 cm³/mol. The van der Waals surface area contributed by atoms with E-state index in [4.69, 9.17) is 9.47 Å². The van der Waals surface area contributed by atoms with Crippen LogP contribution in [0.15, 0.2) is 0 Å². The molecule has 17 heavy (non-hydrogen) atoms. The van der Waals surface area contributed by atoms with Gasteiger partial charge in [-0.15, -0.1) is 0 Å². The summed E-state index contributed by atoms with van der Waals surface area (Å²) in [6, 6.07) is 0. The fourth-order valence-corrected chi connectivity index (χ4v) is 2.00. The van der Waals surface area contributed by atoms with Crippen LogP contribution in [-0.2, 0) is 19.1 Å². The molecule has 0 amide bonds. The molecule has 5 heteroatoms. The van der Waals surface area contributed by atoms with Crippen molar-refractivity contribution >= 4 is 11.9 Å². The number of carboxylic acids is 1. The molecule has 2 atom stereocenters. The van der Waals surface area contributed by atoms with E-state index in [9.17, 15) is 14.7 Å². The number of ether oxygens (including phenoxy) is 2. The number of hydrogen-bond acceptors (Lipinski definition) is 4. The zero-order valence-electron chi connectivity index (χ0n) is 11.0. The predicted octanol–water partition coefficient (Wildman–Crippen LogP) is 1.70. The second-order valence-corrected chi connectivity index (χ2v) is 4.10. The summed E-state index contributed by atoms with van der Waals surface area (Å²) in [5.41, 5.74) is -1.50. The van der Waals surface area contributed by atoms with Gasteiger partial charge >= 0.3 is 11.9 Å². The Bertz CT molecular complexity index is 264. The minimum Gasteiger partial charge on any atom is -0.480 e. The number of hydrogen-bond donors (Lipinski definition) is 1. The second kappa shape index (κ2) is 7.27. The molecule has 0 aromatic heterocycles. The van der Waals surface area contributed by atoms with Gasteiger partial charge in [0.15, 0.2) is 5.41 Å². The minimum atomic E-state index is -1.50. The van der Waals surface area contributed by atoms with Crippen LogP contribution < -0.4 is 0 Å². The van der Waals surface area contributed by atoms with Gasteiger partial charge in [-0.25, -0.2) is 0 Å². The molecule has 0 rings (SSSR count). The Balaban J connectivity index is 5.25. The van der Waals surface area contributed by atoms with Gasteiger partial charge in [0.2, 0.25) is 0 Å². The SMILES string of the molecule is CCCC(C(=O)O)(C(=O)OCC)C(C)COC. The highest BCUT2D eigenvalue weighted by Gasteiger charge is 2.51. The molecule has 0 saturated heterocycles. The first-order valence-electron chi connectivity index (χ1n) is 5.86. The highest BCUT2D eigenvalue weighted by molar-refractivity contribution is 5.99. The van der Waals surface area contributed by atoms with E-state index in [-0.39, 0.29) is 19.6 Å². The zero-order chi connectivity index (χ0) is 13.5. The number of carbonyl (C=O) groups excluding carboxylic acids is 1. The number of carbonyl (C=O) groups is 2. The third-order valence-electron chi connectivity index (χ3n) is 2.92. The van der Waals surface area contributed by atoms with Crippen LogP contribution in [-0.4, -0.2) is 37.4 Å². The summed E-state index contributed by atoms with van der Waals surface area (Å²) in [6.07, 6.45) is 0.852. The van der Waals surface area contributed by atoms with Crippen molar-refractivity contribution in [2.24, 2.45) is 11.3 Å². The summed E-state index contributed by atoms with van der Waals surface area (Å²) in [7, 11) is 1.49. The average Bonchev–Trinajstić information content (AvgIpc) is 2.25. The van der Waals surface area contributed by atoms with E-state index in [1.165, 1.54) is 7.11 Å². The molecular weight excluding hydrogens is 224 g/mol. The minimum absolute atomic E-state index is 0.178. The molecule has 100 valence electrons. The summed E-state index contributed by atoms with van der Waals surface area (Å²) in [5, 5.41) is 9.39. The molecule has 0 heterocycles. The van der Waals surface area contributed by atoms with Crippen LogP contribution in [0.25, 0.3) is 0 Å². The highest BCUT2D eigenvalue weighted by Crippen LogP contribution is 2.35. The molecule has 0 fully saturated rings. The Morgan fingerprint density at radius 3 is 2.29 bits per heavy atom. The number of aliphatic carboxylic acids is 1. The Kier molecular flexibility index (Phi) is 6.80. The third kappa shape index (κ3) is 3.43. The van der Waals surface area contributed by atoms with E-state index in [0.29, 0.717) is 6.42 Å². The first kappa shape index (κ1) is 15.9. The Morgan fingerprint density at radius 2 is 1.94 bits per heavy atom. The Hall–Kier alpha value is -1.10. The van der Waals surface area contributed by atoms with Crippen LogP contribution >= 0.6 is 0 Å². The van der Waals surface area contributed by atoms with Crippen LogP contribution in [0.1, 0.15) is 33.6 Å². The fraction of sp³-hybridized carbons (Fsp3) is 0.833. The van der Waals surface area contributed by atoms with Crippen molar-refractivity contribution in [3.8, 4) is 0 Å². The average molecular weight is 246 g/mol. The molecule has 0 aromatic rings. The van der Waals surface area contributed by atoms with Gasteiger partial charge in [0.25, 0.3) is 0 Å². The van der Waals surface area contributed by atoms with Crippen molar-refractivity contribution in [2.75, 3.05) is 20.3 Å². The van der Waals surface area contributed by atoms with Crippen LogP contribution in [0, 0.1) is 11.3 Å². The van der Waals surface area contributed by atoms with Gasteiger partial charge in [-0.3, -0.25) is 9.59 Å². The molecule has 1 N–H and O–H groups in total. The number of carboxylic acid groups (broad SMARTS) is 1. The van der Waals surface area contributed by atoms with Crippen molar-refractivity contribution in [2.45, 2.75) is 33.6 Å². The molecule has 0 bridgehead atoms. The molecule has 0 aliphatic rings. The fourth-order valence-electron chi connectivity index (χ4n) is 2.00. The van der Waals surface area contributed by atoms with Gasteiger partial charge in [-0.1, -0.05) is 20.3 Å². The van der Waals surface area contributed by atoms with Crippen LogP contribution in [0.4, 0.5) is 0 Å². The summed E-state index contributed by atoms with van der Waals surface area (Å²) in [6.45, 7) is 5.60. The van der Waals surface area contributed by atoms with Gasteiger partial charge in [0, 0.05) is 13.0 Å². The Morgan fingerprint density at radius 1 is 1.35 bits per heavy atom. The van der Waals surface area contributed by atoms with Gasteiger partial charge in [0.05, 0.1) is 13.2 Å². The summed E-state index contributed by atoms with van der Waals surface area (Å²) < 4.78 is 9.88. The molecule has 0 saturated carbocycles. The van der Waals surface area contributed by atoms with Crippen LogP contribution in [0.2, 0.25) is 0 Å². The molecule has 0 aliphatic carbocycles.